The van der Waals surface area contributed by atoms with Gasteiger partial charge in [0.1, 0.15) is 5.75 Å². The third-order valence-corrected chi connectivity index (χ3v) is 3.04. The minimum atomic E-state index is 0.111. The molecule has 0 radical (unpaired) electrons. The van der Waals surface area contributed by atoms with Gasteiger partial charge in [-0.25, -0.2) is 9.97 Å². The van der Waals surface area contributed by atoms with E-state index < -0.39 is 0 Å². The highest BCUT2D eigenvalue weighted by molar-refractivity contribution is 5.79. The summed E-state index contributed by atoms with van der Waals surface area (Å²) in [6.07, 6.45) is 1.64. The van der Waals surface area contributed by atoms with Crippen LogP contribution in [0.25, 0.3) is 22.4 Å². The molecule has 2 aromatic heterocycles. The van der Waals surface area contributed by atoms with Crippen LogP contribution >= 0.6 is 0 Å². The van der Waals surface area contributed by atoms with Crippen LogP contribution in [0.1, 0.15) is 6.92 Å². The fourth-order valence-electron chi connectivity index (χ4n) is 2.06. The highest BCUT2D eigenvalue weighted by Crippen LogP contribution is 2.26. The molecule has 0 saturated heterocycles. The molecule has 7 heteroatoms. The minimum absolute atomic E-state index is 0.111. The van der Waals surface area contributed by atoms with Gasteiger partial charge in [0.25, 0.3) is 0 Å². The van der Waals surface area contributed by atoms with Gasteiger partial charge in [-0.3, -0.25) is 0 Å². The fraction of sp³-hybridized carbons (Fsp3) is 0.200. The van der Waals surface area contributed by atoms with Crippen LogP contribution in [-0.4, -0.2) is 33.7 Å². The van der Waals surface area contributed by atoms with Crippen LogP contribution in [-0.2, 0) is 0 Å². The SMILES string of the molecule is CCOc1nc(N)nc2ncc(-c3cccc(OC)c3)nc12. The number of hydrogen-bond acceptors (Lipinski definition) is 7. The molecular formula is C15H15N5O2. The first-order valence-electron chi connectivity index (χ1n) is 6.78. The molecule has 0 aliphatic carbocycles. The van der Waals surface area contributed by atoms with Crippen LogP contribution in [0.3, 0.4) is 0 Å². The Morgan fingerprint density at radius 3 is 2.82 bits per heavy atom. The van der Waals surface area contributed by atoms with E-state index in [9.17, 15) is 0 Å². The molecule has 3 aromatic rings. The summed E-state index contributed by atoms with van der Waals surface area (Å²) in [5.74, 6) is 1.19. The number of ether oxygens (including phenoxy) is 2. The lowest BCUT2D eigenvalue weighted by Crippen LogP contribution is -2.04. The summed E-state index contributed by atoms with van der Waals surface area (Å²) in [6.45, 7) is 2.32. The van der Waals surface area contributed by atoms with Crippen molar-refractivity contribution in [3.63, 3.8) is 0 Å². The van der Waals surface area contributed by atoms with Gasteiger partial charge >= 0.3 is 0 Å². The molecule has 3 rings (SSSR count). The number of anilines is 1. The van der Waals surface area contributed by atoms with E-state index in [2.05, 4.69) is 19.9 Å². The largest absolute Gasteiger partial charge is 0.497 e. The van der Waals surface area contributed by atoms with Crippen LogP contribution in [0, 0.1) is 0 Å². The molecule has 112 valence electrons. The van der Waals surface area contributed by atoms with E-state index in [0.29, 0.717) is 29.3 Å². The van der Waals surface area contributed by atoms with E-state index >= 15 is 0 Å². The summed E-state index contributed by atoms with van der Waals surface area (Å²) >= 11 is 0. The Bertz CT molecular complexity index is 822. The van der Waals surface area contributed by atoms with Crippen molar-refractivity contribution < 1.29 is 9.47 Å². The van der Waals surface area contributed by atoms with Gasteiger partial charge in [-0.1, -0.05) is 12.1 Å². The van der Waals surface area contributed by atoms with Crippen molar-refractivity contribution in [2.45, 2.75) is 6.92 Å². The summed E-state index contributed by atoms with van der Waals surface area (Å²) in [6, 6.07) is 7.57. The van der Waals surface area contributed by atoms with Gasteiger partial charge in [0.2, 0.25) is 11.8 Å². The summed E-state index contributed by atoms with van der Waals surface area (Å²) in [5.41, 5.74) is 8.11. The van der Waals surface area contributed by atoms with E-state index in [0.717, 1.165) is 11.3 Å². The predicted molar refractivity (Wildman–Crippen MR) is 82.7 cm³/mol. The number of nitrogens with two attached hydrogens (primary N) is 1. The van der Waals surface area contributed by atoms with Gasteiger partial charge < -0.3 is 15.2 Å². The van der Waals surface area contributed by atoms with Crippen molar-refractivity contribution in [1.29, 1.82) is 0 Å². The Labute approximate surface area is 127 Å². The van der Waals surface area contributed by atoms with Crippen LogP contribution in [0.15, 0.2) is 30.5 Å². The second kappa shape index (κ2) is 5.80. The molecule has 0 aliphatic heterocycles. The first-order chi connectivity index (χ1) is 10.7. The Balaban J connectivity index is 2.15. The van der Waals surface area contributed by atoms with E-state index in [1.165, 1.54) is 0 Å². The number of nitrogens with zero attached hydrogens (tertiary/aromatic N) is 4. The molecule has 0 spiro atoms. The second-order valence-corrected chi connectivity index (χ2v) is 4.48. The monoisotopic (exact) mass is 297 g/mol. The molecule has 0 amide bonds. The number of hydrogen-bond donors (Lipinski definition) is 1. The third kappa shape index (κ3) is 2.60. The van der Waals surface area contributed by atoms with Gasteiger partial charge in [-0.15, -0.1) is 0 Å². The first-order valence-corrected chi connectivity index (χ1v) is 6.78. The Morgan fingerprint density at radius 2 is 2.05 bits per heavy atom. The maximum absolute atomic E-state index is 5.66. The molecule has 2 N–H and O–H groups in total. The number of nitrogen functional groups attached to an aromatic ring is 1. The Hall–Kier alpha value is -2.96. The van der Waals surface area contributed by atoms with E-state index in [-0.39, 0.29) is 5.95 Å². The first kappa shape index (κ1) is 14.0. The lowest BCUT2D eigenvalue weighted by Gasteiger charge is -2.08. The van der Waals surface area contributed by atoms with Crippen LogP contribution < -0.4 is 15.2 Å². The average Bonchev–Trinajstić information content (AvgIpc) is 2.55. The van der Waals surface area contributed by atoms with Crippen molar-refractivity contribution >= 4 is 17.1 Å². The normalized spacial score (nSPS) is 10.6. The molecule has 7 nitrogen and oxygen atoms in total. The van der Waals surface area contributed by atoms with Gasteiger partial charge in [0.05, 0.1) is 25.6 Å². The molecule has 0 aliphatic rings. The van der Waals surface area contributed by atoms with Gasteiger partial charge in [-0.2, -0.15) is 9.97 Å². The average molecular weight is 297 g/mol. The molecule has 0 unspecified atom stereocenters. The number of rotatable bonds is 4. The summed E-state index contributed by atoms with van der Waals surface area (Å²) in [5, 5.41) is 0. The summed E-state index contributed by atoms with van der Waals surface area (Å²) in [4.78, 5) is 17.0. The molecular weight excluding hydrogens is 282 g/mol. The van der Waals surface area contributed by atoms with Crippen LogP contribution in [0.5, 0.6) is 11.6 Å². The zero-order valence-corrected chi connectivity index (χ0v) is 12.3. The van der Waals surface area contributed by atoms with Crippen LogP contribution in [0.4, 0.5) is 5.95 Å². The number of aromatic nitrogens is 4. The fourth-order valence-corrected chi connectivity index (χ4v) is 2.06. The highest BCUT2D eigenvalue weighted by Gasteiger charge is 2.12. The maximum atomic E-state index is 5.66. The van der Waals surface area contributed by atoms with Crippen molar-refractivity contribution in [3.05, 3.63) is 30.5 Å². The van der Waals surface area contributed by atoms with Crippen molar-refractivity contribution in [2.24, 2.45) is 0 Å². The summed E-state index contributed by atoms with van der Waals surface area (Å²) in [7, 11) is 1.62. The zero-order chi connectivity index (χ0) is 15.5. The third-order valence-electron chi connectivity index (χ3n) is 3.04. The number of benzene rings is 1. The lowest BCUT2D eigenvalue weighted by atomic mass is 10.1. The molecule has 2 heterocycles. The van der Waals surface area contributed by atoms with Gasteiger partial charge in [0.15, 0.2) is 11.2 Å². The molecule has 1 aromatic carbocycles. The maximum Gasteiger partial charge on any atom is 0.247 e. The van der Waals surface area contributed by atoms with E-state index in [1.54, 1.807) is 13.3 Å². The van der Waals surface area contributed by atoms with Crippen molar-refractivity contribution in [2.75, 3.05) is 19.5 Å². The van der Waals surface area contributed by atoms with E-state index in [1.807, 2.05) is 31.2 Å². The van der Waals surface area contributed by atoms with Crippen LogP contribution in [0.2, 0.25) is 0 Å². The summed E-state index contributed by atoms with van der Waals surface area (Å²) < 4.78 is 10.7. The number of methoxy groups -OCH3 is 1. The van der Waals surface area contributed by atoms with Crippen molar-refractivity contribution in [3.8, 4) is 22.9 Å². The molecule has 22 heavy (non-hydrogen) atoms. The highest BCUT2D eigenvalue weighted by atomic mass is 16.5. The van der Waals surface area contributed by atoms with Gasteiger partial charge in [0, 0.05) is 5.56 Å². The molecule has 0 bridgehead atoms. The zero-order valence-electron chi connectivity index (χ0n) is 12.3. The lowest BCUT2D eigenvalue weighted by molar-refractivity contribution is 0.330. The Morgan fingerprint density at radius 1 is 1.18 bits per heavy atom. The smallest absolute Gasteiger partial charge is 0.247 e. The molecule has 0 saturated carbocycles. The predicted octanol–water partition coefficient (Wildman–Crippen LogP) is 2.08. The minimum Gasteiger partial charge on any atom is -0.497 e. The standard InChI is InChI=1S/C15H15N5O2/c1-3-22-14-12-13(19-15(16)20-14)17-8-11(18-12)9-5-4-6-10(7-9)21-2/h4-8H,3H2,1-2H3,(H2,16,17,19,20). The number of fused-ring (bicyclic) bond motifs is 1. The Kier molecular flexibility index (Phi) is 3.69. The topological polar surface area (TPSA) is 96.0 Å². The quantitative estimate of drug-likeness (QED) is 0.787. The second-order valence-electron chi connectivity index (χ2n) is 4.48. The van der Waals surface area contributed by atoms with Gasteiger partial charge in [-0.05, 0) is 19.1 Å². The molecule has 0 fully saturated rings. The van der Waals surface area contributed by atoms with E-state index in [4.69, 9.17) is 15.2 Å². The molecule has 0 atom stereocenters. The van der Waals surface area contributed by atoms with Crippen molar-refractivity contribution in [1.82, 2.24) is 19.9 Å².